The summed E-state index contributed by atoms with van der Waals surface area (Å²) < 4.78 is 0. The molecule has 6 heteroatoms. The van der Waals surface area contributed by atoms with Crippen molar-refractivity contribution in [1.29, 1.82) is 0 Å². The molecule has 1 N–H and O–H groups in total. The Hall–Kier alpha value is -10.2. The van der Waals surface area contributed by atoms with Gasteiger partial charge in [-0.3, -0.25) is 0 Å². The van der Waals surface area contributed by atoms with Crippen molar-refractivity contribution in [2.75, 3.05) is 15.1 Å². The molecule has 412 valence electrons. The van der Waals surface area contributed by atoms with E-state index in [1.165, 1.54) is 97.7 Å². The van der Waals surface area contributed by atoms with Crippen LogP contribution < -0.4 is 67.8 Å². The summed E-state index contributed by atoms with van der Waals surface area (Å²) in [6, 6.07) is 124. The maximum atomic E-state index is 4.19. The number of fused-ring (bicyclic) bond motifs is 6. The van der Waals surface area contributed by atoms with E-state index in [-0.39, 0.29) is 12.1 Å². The molecule has 0 fully saturated rings. The number of nitrogens with one attached hydrogen (secondary N) is 1. The largest absolute Gasteiger partial charge is 0.356 e. The third kappa shape index (κ3) is 8.69. The topological polar surface area (TPSA) is 18.5 Å². The summed E-state index contributed by atoms with van der Waals surface area (Å²) in [5.41, 5.74) is 20.2. The first-order valence-corrected chi connectivity index (χ1v) is 34.2. The highest BCUT2D eigenvalue weighted by atomic mass is 28.3. The van der Waals surface area contributed by atoms with Crippen LogP contribution in [-0.4, -0.2) is 23.6 Å². The van der Waals surface area contributed by atoms with Gasteiger partial charge in [-0.1, -0.05) is 296 Å². The van der Waals surface area contributed by atoms with E-state index in [0.29, 0.717) is 0 Å². The van der Waals surface area contributed by atoms with Gasteiger partial charge in [0.1, 0.15) is 8.80 Å². The van der Waals surface area contributed by atoms with Crippen molar-refractivity contribution in [2.45, 2.75) is 19.3 Å². The number of anilines is 8. The summed E-state index contributed by atoms with van der Waals surface area (Å²) in [6.45, 7) is 4.61. The first-order valence-electron chi connectivity index (χ1n) is 30.5. The minimum Gasteiger partial charge on any atom is -0.356 e. The molecule has 0 saturated carbocycles. The molecule has 0 spiro atoms. The molecule has 0 bridgehead atoms. The zero-order valence-electron chi connectivity index (χ0n) is 48.7. The number of para-hydroxylation sites is 2. The molecule has 3 aliphatic heterocycles. The molecule has 13 aromatic carbocycles. The van der Waals surface area contributed by atoms with E-state index in [1.54, 1.807) is 0 Å². The Kier molecular flexibility index (Phi) is 12.9. The second kappa shape index (κ2) is 21.4. The number of hydrogen-bond acceptors (Lipinski definition) is 3. The van der Waals surface area contributed by atoms with Crippen LogP contribution in [0.2, 0.25) is 0 Å². The first-order chi connectivity index (χ1) is 42.9. The maximum Gasteiger partial charge on any atom is 0.252 e. The SMILES string of the molecule is CC1(C)c2ccccc2N(c2cccc(-c3cc4c5c(c3)N(c3ccc([SiH](c6ccccc6)c6ccccc6)cc3)c3cc(-c6ccccc6)ccc3B5c3cc([Si](c5ccccc5)(c5ccccc5)c5ccccc5)ccc3N4)c2)c2ccccc21. The van der Waals surface area contributed by atoms with Crippen LogP contribution in [0.5, 0.6) is 0 Å². The van der Waals surface area contributed by atoms with E-state index in [0.717, 1.165) is 33.9 Å². The third-order valence-electron chi connectivity index (χ3n) is 18.9. The van der Waals surface area contributed by atoms with Crippen LogP contribution in [0.3, 0.4) is 0 Å². The normalized spacial score (nSPS) is 13.4. The van der Waals surface area contributed by atoms with Crippen molar-refractivity contribution in [1.82, 2.24) is 0 Å². The minimum absolute atomic E-state index is 0.103. The first kappa shape index (κ1) is 52.3. The van der Waals surface area contributed by atoms with Gasteiger partial charge >= 0.3 is 0 Å². The third-order valence-corrected chi connectivity index (χ3v) is 26.8. The maximum absolute atomic E-state index is 4.19. The van der Waals surface area contributed by atoms with E-state index in [4.69, 9.17) is 0 Å². The van der Waals surface area contributed by atoms with E-state index in [1.807, 2.05) is 0 Å². The Morgan fingerprint density at radius 3 is 1.39 bits per heavy atom. The lowest BCUT2D eigenvalue weighted by molar-refractivity contribution is 0.632. The van der Waals surface area contributed by atoms with Crippen molar-refractivity contribution in [3.05, 3.63) is 339 Å². The van der Waals surface area contributed by atoms with Gasteiger partial charge in [-0.15, -0.1) is 0 Å². The minimum atomic E-state index is -2.93. The molecule has 87 heavy (non-hydrogen) atoms. The van der Waals surface area contributed by atoms with Gasteiger partial charge in [0.2, 0.25) is 0 Å². The summed E-state index contributed by atoms with van der Waals surface area (Å²) in [6.07, 6.45) is 0. The molecule has 0 amide bonds. The lowest BCUT2D eigenvalue weighted by atomic mass is 9.33. The van der Waals surface area contributed by atoms with Gasteiger partial charge in [0, 0.05) is 39.5 Å². The van der Waals surface area contributed by atoms with Gasteiger partial charge in [0.15, 0.2) is 8.07 Å². The molecule has 0 saturated heterocycles. The molecule has 3 nitrogen and oxygen atoms in total. The lowest BCUT2D eigenvalue weighted by Gasteiger charge is -2.42. The van der Waals surface area contributed by atoms with E-state index < -0.39 is 16.9 Å². The van der Waals surface area contributed by atoms with Gasteiger partial charge in [-0.2, -0.15) is 0 Å². The van der Waals surface area contributed by atoms with E-state index in [2.05, 4.69) is 357 Å². The Bertz CT molecular complexity index is 4510. The molecular formula is C81H62BN3Si2. The van der Waals surface area contributed by atoms with Crippen molar-refractivity contribution >= 4 is 122 Å². The summed E-state index contributed by atoms with van der Waals surface area (Å²) in [4.78, 5) is 5.06. The number of benzene rings is 13. The molecule has 0 unspecified atom stereocenters. The van der Waals surface area contributed by atoms with Crippen LogP contribution >= 0.6 is 0 Å². The Morgan fingerprint density at radius 2 is 0.805 bits per heavy atom. The Morgan fingerprint density at radius 1 is 0.322 bits per heavy atom. The van der Waals surface area contributed by atoms with E-state index in [9.17, 15) is 0 Å². The number of nitrogens with zero attached hydrogens (tertiary/aromatic N) is 2. The lowest BCUT2D eigenvalue weighted by Crippen LogP contribution is -2.75. The molecule has 3 aliphatic rings. The highest BCUT2D eigenvalue weighted by molar-refractivity contribution is 7.20. The van der Waals surface area contributed by atoms with Crippen LogP contribution in [0, 0.1) is 0 Å². The molecule has 13 aromatic rings. The molecule has 0 aromatic heterocycles. The second-order valence-corrected chi connectivity index (χ2v) is 30.7. The summed E-state index contributed by atoms with van der Waals surface area (Å²) in [5.74, 6) is 0. The van der Waals surface area contributed by atoms with Gasteiger partial charge in [0.25, 0.3) is 6.71 Å². The standard InChI is InChI=1S/C81H62BN3Si2/c1-81(2)70-40-21-23-42-76(70)85(77-43-24-22-41-71(77)81)62-29-25-28-58(52-62)60-53-75-80-79(55-60)84(61-45-47-65(48-46-61)86(63-30-11-4-12-31-63)64-32-13-5-14-33-64)78-54-59(57-26-9-3-10-27-57)44-50-72(78)82(80)73-56-69(49-51-74(73)83-75)87(66-34-15-6-16-35-66,67-36-17-7-18-37-67)68-38-19-8-20-39-68/h3-56,83,86H,1-2H3. The quantitative estimate of drug-likeness (QED) is 0.103. The molecule has 0 radical (unpaired) electrons. The fourth-order valence-electron chi connectivity index (χ4n) is 14.9. The van der Waals surface area contributed by atoms with Gasteiger partial charge in [-0.05, 0) is 131 Å². The predicted molar refractivity (Wildman–Crippen MR) is 376 cm³/mol. The number of hydrogen-bond donors (Lipinski definition) is 1. The van der Waals surface area contributed by atoms with Gasteiger partial charge < -0.3 is 15.1 Å². The van der Waals surface area contributed by atoms with E-state index >= 15 is 0 Å². The molecule has 0 atom stereocenters. The fourth-order valence-corrected chi connectivity index (χ4v) is 22.6. The van der Waals surface area contributed by atoms with Crippen LogP contribution in [0.4, 0.5) is 45.5 Å². The van der Waals surface area contributed by atoms with Crippen LogP contribution in [0.15, 0.2) is 328 Å². The Balaban J connectivity index is 0.935. The predicted octanol–water partition coefficient (Wildman–Crippen LogP) is 13.1. The summed E-state index contributed by atoms with van der Waals surface area (Å²) >= 11 is 0. The summed E-state index contributed by atoms with van der Waals surface area (Å²) in [5, 5.41) is 13.8. The molecule has 16 rings (SSSR count). The van der Waals surface area contributed by atoms with Crippen LogP contribution in [0.1, 0.15) is 25.0 Å². The monoisotopic (exact) mass is 1140 g/mol. The Labute approximate surface area is 513 Å². The van der Waals surface area contributed by atoms with Gasteiger partial charge in [0.05, 0.1) is 11.4 Å². The van der Waals surface area contributed by atoms with Gasteiger partial charge in [-0.25, -0.2) is 0 Å². The van der Waals surface area contributed by atoms with Crippen LogP contribution in [-0.2, 0) is 5.41 Å². The molecule has 0 aliphatic carbocycles. The van der Waals surface area contributed by atoms with Crippen molar-refractivity contribution < 1.29 is 0 Å². The van der Waals surface area contributed by atoms with Crippen molar-refractivity contribution in [2.24, 2.45) is 0 Å². The van der Waals surface area contributed by atoms with Crippen molar-refractivity contribution in [3.8, 4) is 22.3 Å². The highest BCUT2D eigenvalue weighted by Gasteiger charge is 2.46. The zero-order chi connectivity index (χ0) is 58.1. The average molecular weight is 1140 g/mol. The number of rotatable bonds is 11. The smallest absolute Gasteiger partial charge is 0.252 e. The fraction of sp³-hybridized carbons (Fsp3) is 0.0370. The second-order valence-electron chi connectivity index (χ2n) is 24.0. The van der Waals surface area contributed by atoms with Crippen LogP contribution in [0.25, 0.3) is 22.3 Å². The molecular weight excluding hydrogens is 1080 g/mol. The average Bonchev–Trinajstić information content (AvgIpc) is 0.770. The summed E-state index contributed by atoms with van der Waals surface area (Å²) in [7, 11) is -4.77. The highest BCUT2D eigenvalue weighted by Crippen LogP contribution is 2.52. The zero-order valence-corrected chi connectivity index (χ0v) is 50.9. The van der Waals surface area contributed by atoms with Crippen molar-refractivity contribution in [3.63, 3.8) is 0 Å². The molecule has 3 heterocycles.